The first-order chi connectivity index (χ1) is 9.76. The summed E-state index contributed by atoms with van der Waals surface area (Å²) in [6.45, 7) is 3.90. The smallest absolute Gasteiger partial charge is 0.191 e. The van der Waals surface area contributed by atoms with Crippen LogP contribution < -0.4 is 10.6 Å². The van der Waals surface area contributed by atoms with Crippen molar-refractivity contribution in [1.29, 1.82) is 0 Å². The standard InChI is InChI=1S/C15H29N3OS/c1-4-19-13-11-12(15(13)7-5-6-8-15)18-14(16-2)17-9-10-20-3/h12-13H,4-11H2,1-3H3,(H2,16,17,18). The second-order valence-corrected chi connectivity index (χ2v) is 6.79. The molecule has 2 N–H and O–H groups in total. The molecule has 0 heterocycles. The van der Waals surface area contributed by atoms with E-state index in [1.807, 2.05) is 18.8 Å². The predicted molar refractivity (Wildman–Crippen MR) is 87.6 cm³/mol. The van der Waals surface area contributed by atoms with Gasteiger partial charge in [0.1, 0.15) is 0 Å². The van der Waals surface area contributed by atoms with Crippen molar-refractivity contribution >= 4 is 17.7 Å². The fourth-order valence-corrected chi connectivity index (χ4v) is 4.03. The van der Waals surface area contributed by atoms with Crippen LogP contribution in [0.15, 0.2) is 4.99 Å². The summed E-state index contributed by atoms with van der Waals surface area (Å²) >= 11 is 1.85. The molecule has 0 aliphatic heterocycles. The van der Waals surface area contributed by atoms with Crippen LogP contribution in [0.1, 0.15) is 39.0 Å². The zero-order chi connectivity index (χ0) is 14.4. The van der Waals surface area contributed by atoms with Gasteiger partial charge in [-0.3, -0.25) is 4.99 Å². The average Bonchev–Trinajstić information content (AvgIpc) is 2.97. The SMILES string of the molecule is CCOC1CC(NC(=NC)NCCSC)C12CCCC2. The van der Waals surface area contributed by atoms with E-state index in [1.165, 1.54) is 25.7 Å². The summed E-state index contributed by atoms with van der Waals surface area (Å²) in [5, 5.41) is 7.03. The lowest BCUT2D eigenvalue weighted by Crippen LogP contribution is -2.65. The molecule has 2 unspecified atom stereocenters. The van der Waals surface area contributed by atoms with Crippen molar-refractivity contribution < 1.29 is 4.74 Å². The predicted octanol–water partition coefficient (Wildman–Crippen LogP) is 2.25. The third kappa shape index (κ3) is 3.25. The molecule has 2 saturated carbocycles. The molecule has 0 saturated heterocycles. The maximum absolute atomic E-state index is 5.96. The molecule has 0 amide bonds. The van der Waals surface area contributed by atoms with Gasteiger partial charge in [-0.2, -0.15) is 11.8 Å². The van der Waals surface area contributed by atoms with Crippen LogP contribution in [0.4, 0.5) is 0 Å². The summed E-state index contributed by atoms with van der Waals surface area (Å²) in [6, 6.07) is 0.530. The van der Waals surface area contributed by atoms with Crippen LogP contribution in [0.25, 0.3) is 0 Å². The van der Waals surface area contributed by atoms with E-state index < -0.39 is 0 Å². The molecule has 2 aliphatic carbocycles. The Hall–Kier alpha value is -0.420. The van der Waals surface area contributed by atoms with Gasteiger partial charge in [0.2, 0.25) is 0 Å². The summed E-state index contributed by atoms with van der Waals surface area (Å²) in [4.78, 5) is 4.35. The molecule has 1 spiro atoms. The molecular formula is C15H29N3OS. The Morgan fingerprint density at radius 2 is 2.15 bits per heavy atom. The molecule has 2 aliphatic rings. The van der Waals surface area contributed by atoms with Crippen LogP contribution in [0, 0.1) is 5.41 Å². The van der Waals surface area contributed by atoms with Crippen molar-refractivity contribution in [2.24, 2.45) is 10.4 Å². The zero-order valence-electron chi connectivity index (χ0n) is 13.1. The van der Waals surface area contributed by atoms with E-state index in [1.54, 1.807) is 0 Å². The topological polar surface area (TPSA) is 45.6 Å². The summed E-state index contributed by atoms with van der Waals surface area (Å²) in [7, 11) is 1.86. The molecule has 5 heteroatoms. The van der Waals surface area contributed by atoms with Gasteiger partial charge < -0.3 is 15.4 Å². The number of rotatable bonds is 6. The number of ether oxygens (including phenoxy) is 1. The highest BCUT2D eigenvalue weighted by molar-refractivity contribution is 7.98. The lowest BCUT2D eigenvalue weighted by atomic mass is 9.60. The number of thioether (sulfide) groups is 1. The van der Waals surface area contributed by atoms with Gasteiger partial charge in [-0.1, -0.05) is 12.8 Å². The number of hydrogen-bond donors (Lipinski definition) is 2. The zero-order valence-corrected chi connectivity index (χ0v) is 13.9. The van der Waals surface area contributed by atoms with Crippen molar-refractivity contribution in [3.8, 4) is 0 Å². The number of nitrogens with one attached hydrogen (secondary N) is 2. The summed E-state index contributed by atoms with van der Waals surface area (Å²) in [5.41, 5.74) is 0.368. The monoisotopic (exact) mass is 299 g/mol. The van der Waals surface area contributed by atoms with Crippen LogP contribution in [0.5, 0.6) is 0 Å². The molecule has 2 fully saturated rings. The second-order valence-electron chi connectivity index (χ2n) is 5.81. The van der Waals surface area contributed by atoms with E-state index in [2.05, 4.69) is 28.8 Å². The number of guanidine groups is 1. The van der Waals surface area contributed by atoms with Gasteiger partial charge in [0, 0.05) is 37.4 Å². The molecular weight excluding hydrogens is 270 g/mol. The maximum Gasteiger partial charge on any atom is 0.191 e. The first-order valence-electron chi connectivity index (χ1n) is 7.84. The lowest BCUT2D eigenvalue weighted by Gasteiger charge is -2.54. The fraction of sp³-hybridized carbons (Fsp3) is 0.933. The van der Waals surface area contributed by atoms with Crippen LogP contribution in [0.2, 0.25) is 0 Å². The molecule has 0 radical (unpaired) electrons. The van der Waals surface area contributed by atoms with Gasteiger partial charge in [-0.05, 0) is 32.4 Å². The van der Waals surface area contributed by atoms with E-state index in [9.17, 15) is 0 Å². The quantitative estimate of drug-likeness (QED) is 0.449. The molecule has 0 aromatic carbocycles. The molecule has 0 aromatic heterocycles. The summed E-state index contributed by atoms with van der Waals surface area (Å²) in [5.74, 6) is 2.06. The van der Waals surface area contributed by atoms with E-state index in [4.69, 9.17) is 4.74 Å². The summed E-state index contributed by atoms with van der Waals surface area (Å²) < 4.78 is 5.96. The lowest BCUT2D eigenvalue weighted by molar-refractivity contribution is -0.125. The Balaban J connectivity index is 1.88. The minimum atomic E-state index is 0.368. The Morgan fingerprint density at radius 3 is 2.75 bits per heavy atom. The summed E-state index contributed by atoms with van der Waals surface area (Å²) in [6.07, 6.45) is 9.01. The Labute approximate surface area is 127 Å². The van der Waals surface area contributed by atoms with Crippen molar-refractivity contribution in [3.05, 3.63) is 0 Å². The molecule has 116 valence electrons. The van der Waals surface area contributed by atoms with Crippen LogP contribution >= 0.6 is 11.8 Å². The molecule has 2 atom stereocenters. The molecule has 4 nitrogen and oxygen atoms in total. The van der Waals surface area contributed by atoms with E-state index >= 15 is 0 Å². The van der Waals surface area contributed by atoms with Gasteiger partial charge >= 0.3 is 0 Å². The van der Waals surface area contributed by atoms with Gasteiger partial charge in [0.05, 0.1) is 6.10 Å². The Morgan fingerprint density at radius 1 is 1.40 bits per heavy atom. The van der Waals surface area contributed by atoms with Gasteiger partial charge in [0.15, 0.2) is 5.96 Å². The van der Waals surface area contributed by atoms with Crippen molar-refractivity contribution in [3.63, 3.8) is 0 Å². The van der Waals surface area contributed by atoms with Gasteiger partial charge in [-0.25, -0.2) is 0 Å². The molecule has 20 heavy (non-hydrogen) atoms. The van der Waals surface area contributed by atoms with Gasteiger partial charge in [0.25, 0.3) is 0 Å². The van der Waals surface area contributed by atoms with Crippen molar-refractivity contribution in [2.45, 2.75) is 51.2 Å². The maximum atomic E-state index is 5.96. The highest BCUT2D eigenvalue weighted by atomic mass is 32.2. The highest BCUT2D eigenvalue weighted by Crippen LogP contribution is 2.54. The van der Waals surface area contributed by atoms with Crippen molar-refractivity contribution in [2.75, 3.05) is 32.2 Å². The second kappa shape index (κ2) is 7.55. The molecule has 2 rings (SSSR count). The first-order valence-corrected chi connectivity index (χ1v) is 9.24. The van der Waals surface area contributed by atoms with E-state index in [0.717, 1.165) is 31.3 Å². The Kier molecular flexibility index (Phi) is 6.02. The van der Waals surface area contributed by atoms with E-state index in [0.29, 0.717) is 17.6 Å². The molecule has 0 aromatic rings. The average molecular weight is 299 g/mol. The molecule has 0 bridgehead atoms. The fourth-order valence-electron chi connectivity index (χ4n) is 3.72. The Bertz CT molecular complexity index is 329. The van der Waals surface area contributed by atoms with Crippen molar-refractivity contribution in [1.82, 2.24) is 10.6 Å². The number of hydrogen-bond acceptors (Lipinski definition) is 3. The van der Waals surface area contributed by atoms with Crippen LogP contribution in [-0.4, -0.2) is 50.3 Å². The highest BCUT2D eigenvalue weighted by Gasteiger charge is 2.56. The third-order valence-electron chi connectivity index (χ3n) is 4.82. The minimum absolute atomic E-state index is 0.368. The van der Waals surface area contributed by atoms with Crippen LogP contribution in [0.3, 0.4) is 0 Å². The van der Waals surface area contributed by atoms with E-state index in [-0.39, 0.29) is 0 Å². The minimum Gasteiger partial charge on any atom is -0.378 e. The first kappa shape index (κ1) is 16.0. The van der Waals surface area contributed by atoms with Crippen LogP contribution in [-0.2, 0) is 4.74 Å². The number of aliphatic imine (C=N–C) groups is 1. The normalized spacial score (nSPS) is 28.4. The third-order valence-corrected chi connectivity index (χ3v) is 5.43. The largest absolute Gasteiger partial charge is 0.378 e. The van der Waals surface area contributed by atoms with Gasteiger partial charge in [-0.15, -0.1) is 0 Å². The number of nitrogens with zero attached hydrogens (tertiary/aromatic N) is 1.